The van der Waals surface area contributed by atoms with Gasteiger partial charge in [-0.05, 0) is 18.6 Å². The molecule has 94 valence electrons. The van der Waals surface area contributed by atoms with Gasteiger partial charge in [0.15, 0.2) is 11.5 Å². The quantitative estimate of drug-likeness (QED) is 0.223. The van der Waals surface area contributed by atoms with E-state index in [1.54, 1.807) is 0 Å². The van der Waals surface area contributed by atoms with E-state index >= 15 is 0 Å². The number of fused-ring (bicyclic) bond motifs is 7. The second kappa shape index (κ2) is 3.28. The van der Waals surface area contributed by atoms with Crippen molar-refractivity contribution in [1.82, 2.24) is 4.98 Å². The van der Waals surface area contributed by atoms with Gasteiger partial charge in [-0.1, -0.05) is 42.5 Å². The van der Waals surface area contributed by atoms with E-state index < -0.39 is 0 Å². The summed E-state index contributed by atoms with van der Waals surface area (Å²) in [6.45, 7) is 2.16. The zero-order valence-corrected chi connectivity index (χ0v) is 11.0. The number of aromatic nitrogens is 1. The highest BCUT2D eigenvalue weighted by molar-refractivity contribution is 6.18. The van der Waals surface area contributed by atoms with Gasteiger partial charge in [0.05, 0.1) is 16.4 Å². The molecule has 0 radical (unpaired) electrons. The van der Waals surface area contributed by atoms with Gasteiger partial charge in [0.2, 0.25) is 0 Å². The molecule has 0 bridgehead atoms. The predicted molar refractivity (Wildman–Crippen MR) is 81.6 cm³/mol. The van der Waals surface area contributed by atoms with Crippen LogP contribution in [0.2, 0.25) is 0 Å². The molecule has 3 aromatic carbocycles. The van der Waals surface area contributed by atoms with Crippen molar-refractivity contribution in [1.29, 1.82) is 0 Å². The van der Waals surface area contributed by atoms with Crippen LogP contribution in [0.15, 0.2) is 48.5 Å². The first-order chi connectivity index (χ1) is 9.84. The monoisotopic (exact) mass is 257 g/mol. The number of hydrogen-bond donors (Lipinski definition) is 0. The van der Waals surface area contributed by atoms with Gasteiger partial charge in [0.1, 0.15) is 0 Å². The molecule has 0 amide bonds. The summed E-state index contributed by atoms with van der Waals surface area (Å²) < 4.78 is 5.75. The van der Waals surface area contributed by atoms with Crippen molar-refractivity contribution in [2.75, 3.05) is 0 Å². The Balaban J connectivity index is 2.14. The lowest BCUT2D eigenvalue weighted by molar-refractivity contribution is 0.657. The lowest BCUT2D eigenvalue weighted by Gasteiger charge is -2.06. The molecule has 5 rings (SSSR count). The SMILES string of the molecule is Cc1c2ccccc2nc2c1c1c(c3ccccc32)O1. The first kappa shape index (κ1) is 10.2. The summed E-state index contributed by atoms with van der Waals surface area (Å²) >= 11 is 0. The fourth-order valence-electron chi connectivity index (χ4n) is 3.16. The lowest BCUT2D eigenvalue weighted by atomic mass is 10.00. The summed E-state index contributed by atoms with van der Waals surface area (Å²) in [5.41, 5.74) is 3.35. The average molecular weight is 257 g/mol. The highest BCUT2D eigenvalue weighted by Gasteiger charge is 2.30. The topological polar surface area (TPSA) is 25.4 Å². The molecule has 0 unspecified atom stereocenters. The van der Waals surface area contributed by atoms with E-state index in [4.69, 9.17) is 9.72 Å². The molecule has 1 aliphatic heterocycles. The summed E-state index contributed by atoms with van der Waals surface area (Å²) in [7, 11) is 0. The van der Waals surface area contributed by atoms with Gasteiger partial charge in [0, 0.05) is 16.2 Å². The number of aryl methyl sites for hydroxylation is 1. The first-order valence-corrected chi connectivity index (χ1v) is 6.76. The molecule has 1 aliphatic rings. The molecule has 0 N–H and O–H groups in total. The number of benzene rings is 3. The van der Waals surface area contributed by atoms with Crippen molar-refractivity contribution in [3.05, 3.63) is 54.1 Å². The Morgan fingerprint density at radius 1 is 0.800 bits per heavy atom. The lowest BCUT2D eigenvalue weighted by Crippen LogP contribution is -1.87. The van der Waals surface area contributed by atoms with Gasteiger partial charge in [-0.25, -0.2) is 4.98 Å². The van der Waals surface area contributed by atoms with E-state index in [9.17, 15) is 0 Å². The molecule has 2 nitrogen and oxygen atoms in total. The summed E-state index contributed by atoms with van der Waals surface area (Å²) in [5.74, 6) is 2.03. The van der Waals surface area contributed by atoms with E-state index in [-0.39, 0.29) is 0 Å². The smallest absolute Gasteiger partial charge is 0.180 e. The maximum atomic E-state index is 5.75. The van der Waals surface area contributed by atoms with Gasteiger partial charge in [0.25, 0.3) is 0 Å². The summed E-state index contributed by atoms with van der Waals surface area (Å²) in [5, 5.41) is 4.70. The van der Waals surface area contributed by atoms with Crippen LogP contribution in [0.3, 0.4) is 0 Å². The Labute approximate surface area is 115 Å². The molecule has 2 heteroatoms. The van der Waals surface area contributed by atoms with Gasteiger partial charge in [-0.2, -0.15) is 0 Å². The zero-order chi connectivity index (χ0) is 13.3. The van der Waals surface area contributed by atoms with E-state index in [1.807, 2.05) is 12.1 Å². The largest absolute Gasteiger partial charge is 0.448 e. The Morgan fingerprint density at radius 2 is 1.50 bits per heavy atom. The molecule has 0 spiro atoms. The van der Waals surface area contributed by atoms with E-state index in [1.165, 1.54) is 16.3 Å². The minimum Gasteiger partial charge on any atom is -0.448 e. The van der Waals surface area contributed by atoms with Crippen LogP contribution in [0.4, 0.5) is 0 Å². The Hall–Kier alpha value is -2.61. The third kappa shape index (κ3) is 1.12. The van der Waals surface area contributed by atoms with Crippen molar-refractivity contribution in [2.45, 2.75) is 6.92 Å². The molecule has 0 saturated carbocycles. The minimum absolute atomic E-state index is 1.01. The second-order valence-corrected chi connectivity index (χ2v) is 5.28. The molecule has 20 heavy (non-hydrogen) atoms. The Kier molecular flexibility index (Phi) is 1.68. The summed E-state index contributed by atoms with van der Waals surface area (Å²) in [6.07, 6.45) is 0. The number of ether oxygens (including phenoxy) is 1. The van der Waals surface area contributed by atoms with Crippen molar-refractivity contribution in [3.8, 4) is 11.5 Å². The van der Waals surface area contributed by atoms with Crippen molar-refractivity contribution in [2.24, 2.45) is 0 Å². The molecule has 0 atom stereocenters. The molecular formula is C18H11NO. The number of rotatable bonds is 0. The van der Waals surface area contributed by atoms with E-state index in [0.717, 1.165) is 33.3 Å². The molecule has 4 aromatic rings. The van der Waals surface area contributed by atoms with Gasteiger partial charge < -0.3 is 4.74 Å². The third-order valence-corrected chi connectivity index (χ3v) is 4.17. The number of para-hydroxylation sites is 1. The highest BCUT2D eigenvalue weighted by atomic mass is 16.6. The third-order valence-electron chi connectivity index (χ3n) is 4.17. The molecule has 0 aliphatic carbocycles. The van der Waals surface area contributed by atoms with Gasteiger partial charge in [-0.3, -0.25) is 0 Å². The van der Waals surface area contributed by atoms with Crippen LogP contribution in [0.1, 0.15) is 5.56 Å². The van der Waals surface area contributed by atoms with Crippen molar-refractivity contribution < 1.29 is 4.74 Å². The molecule has 1 aromatic heterocycles. The molecular weight excluding hydrogens is 246 g/mol. The minimum atomic E-state index is 1.01. The van der Waals surface area contributed by atoms with Crippen LogP contribution in [-0.4, -0.2) is 4.98 Å². The normalized spacial score (nSPS) is 12.7. The van der Waals surface area contributed by atoms with E-state index in [2.05, 4.69) is 43.3 Å². The van der Waals surface area contributed by atoms with Crippen molar-refractivity contribution in [3.63, 3.8) is 0 Å². The van der Waals surface area contributed by atoms with Gasteiger partial charge >= 0.3 is 0 Å². The predicted octanol–water partition coefficient (Wildman–Crippen LogP) is 4.96. The Bertz CT molecular complexity index is 1030. The molecule has 0 fully saturated rings. The van der Waals surface area contributed by atoms with Crippen LogP contribution in [-0.2, 0) is 0 Å². The van der Waals surface area contributed by atoms with Crippen LogP contribution in [0.25, 0.3) is 32.6 Å². The standard InChI is InChI=1S/C18H11NO/c1-10-11-6-4-5-9-14(11)19-16-12-7-2-3-8-13(12)17-18(20-17)15(10)16/h2-9H,1H3. The fraction of sp³-hybridized carbons (Fsp3) is 0.0556. The number of hydrogen-bond acceptors (Lipinski definition) is 2. The van der Waals surface area contributed by atoms with Crippen LogP contribution in [0, 0.1) is 6.92 Å². The van der Waals surface area contributed by atoms with E-state index in [0.29, 0.717) is 0 Å². The van der Waals surface area contributed by atoms with Crippen LogP contribution >= 0.6 is 0 Å². The zero-order valence-electron chi connectivity index (χ0n) is 11.0. The molecule has 2 heterocycles. The molecule has 0 saturated heterocycles. The van der Waals surface area contributed by atoms with Crippen LogP contribution in [0.5, 0.6) is 11.5 Å². The van der Waals surface area contributed by atoms with Crippen LogP contribution < -0.4 is 4.74 Å². The van der Waals surface area contributed by atoms with Crippen molar-refractivity contribution >= 4 is 32.6 Å². The number of pyridine rings is 1. The number of nitrogens with zero attached hydrogens (tertiary/aromatic N) is 1. The van der Waals surface area contributed by atoms with Gasteiger partial charge in [-0.15, -0.1) is 0 Å². The summed E-state index contributed by atoms with van der Waals surface area (Å²) in [6, 6.07) is 16.6. The first-order valence-electron chi connectivity index (χ1n) is 6.76. The second-order valence-electron chi connectivity index (χ2n) is 5.28. The maximum absolute atomic E-state index is 5.75. The maximum Gasteiger partial charge on any atom is 0.180 e. The fourth-order valence-corrected chi connectivity index (χ4v) is 3.16. The highest BCUT2D eigenvalue weighted by Crippen LogP contribution is 2.56. The summed E-state index contributed by atoms with van der Waals surface area (Å²) in [4.78, 5) is 4.88. The average Bonchev–Trinajstić information content (AvgIpc) is 3.28. The Morgan fingerprint density at radius 3 is 2.35 bits per heavy atom.